The van der Waals surface area contributed by atoms with Crippen LogP contribution in [0.2, 0.25) is 0 Å². The third kappa shape index (κ3) is 4.67. The summed E-state index contributed by atoms with van der Waals surface area (Å²) in [6.45, 7) is 3.45. The van der Waals surface area contributed by atoms with Crippen LogP contribution in [0.4, 0.5) is 0 Å². The minimum absolute atomic E-state index is 0.00204. The van der Waals surface area contributed by atoms with E-state index in [0.29, 0.717) is 19.6 Å². The number of carbonyl (C=O) groups excluding carboxylic acids is 2. The SMILES string of the molecule is COc1ccc(C(CNC(=O)C2CC(=O)N(Cc3ccco3)C2)N2CCCC2)cc1. The first-order valence-corrected chi connectivity index (χ1v) is 10.6. The fraction of sp³-hybridized carbons (Fsp3) is 0.478. The van der Waals surface area contributed by atoms with Gasteiger partial charge in [0.15, 0.2) is 0 Å². The summed E-state index contributed by atoms with van der Waals surface area (Å²) in [6, 6.07) is 11.8. The molecule has 2 unspecified atom stereocenters. The van der Waals surface area contributed by atoms with Crippen molar-refractivity contribution in [1.82, 2.24) is 15.1 Å². The maximum Gasteiger partial charge on any atom is 0.225 e. The van der Waals surface area contributed by atoms with Crippen LogP contribution in [0.25, 0.3) is 0 Å². The monoisotopic (exact) mass is 411 g/mol. The molecular weight excluding hydrogens is 382 g/mol. The Morgan fingerprint density at radius 3 is 2.67 bits per heavy atom. The van der Waals surface area contributed by atoms with Gasteiger partial charge in [0, 0.05) is 19.5 Å². The highest BCUT2D eigenvalue weighted by atomic mass is 16.5. The van der Waals surface area contributed by atoms with E-state index in [1.165, 1.54) is 18.4 Å². The first-order chi connectivity index (χ1) is 14.6. The maximum atomic E-state index is 12.8. The molecule has 1 N–H and O–H groups in total. The van der Waals surface area contributed by atoms with E-state index in [1.54, 1.807) is 24.3 Å². The van der Waals surface area contributed by atoms with Gasteiger partial charge in [-0.2, -0.15) is 0 Å². The first-order valence-electron chi connectivity index (χ1n) is 10.6. The second-order valence-corrected chi connectivity index (χ2v) is 8.03. The van der Waals surface area contributed by atoms with Crippen molar-refractivity contribution in [3.63, 3.8) is 0 Å². The van der Waals surface area contributed by atoms with E-state index in [4.69, 9.17) is 9.15 Å². The van der Waals surface area contributed by atoms with Gasteiger partial charge in [0.2, 0.25) is 11.8 Å². The second kappa shape index (κ2) is 9.34. The van der Waals surface area contributed by atoms with Gasteiger partial charge in [-0.25, -0.2) is 0 Å². The average Bonchev–Trinajstić information content (AvgIpc) is 3.52. The highest BCUT2D eigenvalue weighted by Gasteiger charge is 2.35. The smallest absolute Gasteiger partial charge is 0.225 e. The number of nitrogens with one attached hydrogen (secondary N) is 1. The third-order valence-electron chi connectivity index (χ3n) is 6.06. The van der Waals surface area contributed by atoms with Crippen LogP contribution in [-0.2, 0) is 16.1 Å². The largest absolute Gasteiger partial charge is 0.497 e. The molecule has 7 nitrogen and oxygen atoms in total. The molecule has 1 aromatic heterocycles. The number of amides is 2. The molecule has 160 valence electrons. The molecule has 2 amide bonds. The normalized spacial score (nSPS) is 20.5. The number of hydrogen-bond donors (Lipinski definition) is 1. The zero-order valence-electron chi connectivity index (χ0n) is 17.4. The fourth-order valence-corrected chi connectivity index (χ4v) is 4.37. The topological polar surface area (TPSA) is 75.0 Å². The molecule has 3 heterocycles. The summed E-state index contributed by atoms with van der Waals surface area (Å²) in [6.07, 6.45) is 4.21. The van der Waals surface area contributed by atoms with Gasteiger partial charge in [0.05, 0.1) is 31.9 Å². The molecule has 0 saturated carbocycles. The van der Waals surface area contributed by atoms with E-state index in [0.717, 1.165) is 24.6 Å². The Balaban J connectivity index is 1.36. The van der Waals surface area contributed by atoms with Gasteiger partial charge in [-0.05, 0) is 55.8 Å². The molecule has 2 aliphatic rings. The maximum absolute atomic E-state index is 12.8. The van der Waals surface area contributed by atoms with Gasteiger partial charge >= 0.3 is 0 Å². The molecule has 2 aliphatic heterocycles. The number of furan rings is 1. The zero-order valence-corrected chi connectivity index (χ0v) is 17.4. The van der Waals surface area contributed by atoms with Crippen molar-refractivity contribution in [2.75, 3.05) is 33.3 Å². The van der Waals surface area contributed by atoms with Gasteiger partial charge in [-0.3, -0.25) is 14.5 Å². The van der Waals surface area contributed by atoms with E-state index in [2.05, 4.69) is 22.3 Å². The summed E-state index contributed by atoms with van der Waals surface area (Å²) >= 11 is 0. The molecule has 2 atom stereocenters. The van der Waals surface area contributed by atoms with Crippen LogP contribution in [-0.4, -0.2) is 54.9 Å². The summed E-state index contributed by atoms with van der Waals surface area (Å²) < 4.78 is 10.6. The molecule has 2 saturated heterocycles. The minimum Gasteiger partial charge on any atom is -0.497 e. The Morgan fingerprint density at radius 2 is 2.00 bits per heavy atom. The van der Waals surface area contributed by atoms with Crippen molar-refractivity contribution in [3.8, 4) is 5.75 Å². The number of hydrogen-bond acceptors (Lipinski definition) is 5. The molecular formula is C23H29N3O4. The minimum atomic E-state index is -0.317. The van der Waals surface area contributed by atoms with Gasteiger partial charge in [-0.15, -0.1) is 0 Å². The number of benzene rings is 1. The number of likely N-dealkylation sites (tertiary alicyclic amines) is 2. The van der Waals surface area contributed by atoms with Crippen molar-refractivity contribution in [2.45, 2.75) is 31.8 Å². The van der Waals surface area contributed by atoms with E-state index >= 15 is 0 Å². The molecule has 7 heteroatoms. The van der Waals surface area contributed by atoms with Crippen LogP contribution in [0.15, 0.2) is 47.1 Å². The van der Waals surface area contributed by atoms with Crippen LogP contribution < -0.4 is 10.1 Å². The summed E-state index contributed by atoms with van der Waals surface area (Å²) in [4.78, 5) is 29.3. The van der Waals surface area contributed by atoms with Crippen molar-refractivity contribution in [3.05, 3.63) is 54.0 Å². The molecule has 2 aromatic rings. The van der Waals surface area contributed by atoms with Crippen molar-refractivity contribution < 1.29 is 18.7 Å². The Bertz CT molecular complexity index is 844. The molecule has 0 aliphatic carbocycles. The zero-order chi connectivity index (χ0) is 20.9. The summed E-state index contributed by atoms with van der Waals surface area (Å²) in [5.41, 5.74) is 1.17. The Morgan fingerprint density at radius 1 is 1.23 bits per heavy atom. The molecule has 4 rings (SSSR count). The van der Waals surface area contributed by atoms with E-state index in [1.807, 2.05) is 18.2 Å². The molecule has 0 spiro atoms. The number of methoxy groups -OCH3 is 1. The number of rotatable bonds is 8. The van der Waals surface area contributed by atoms with Crippen LogP contribution >= 0.6 is 0 Å². The van der Waals surface area contributed by atoms with E-state index in [-0.39, 0.29) is 30.2 Å². The summed E-state index contributed by atoms with van der Waals surface area (Å²) in [5.74, 6) is 1.19. The van der Waals surface area contributed by atoms with Gasteiger partial charge in [-0.1, -0.05) is 12.1 Å². The molecule has 0 bridgehead atoms. The van der Waals surface area contributed by atoms with Crippen LogP contribution in [0.3, 0.4) is 0 Å². The van der Waals surface area contributed by atoms with Gasteiger partial charge < -0.3 is 19.4 Å². The number of ether oxygens (including phenoxy) is 1. The predicted octanol–water partition coefficient (Wildman–Crippen LogP) is 2.59. The molecule has 0 radical (unpaired) electrons. The molecule has 2 fully saturated rings. The Labute approximate surface area is 177 Å². The average molecular weight is 412 g/mol. The van der Waals surface area contributed by atoms with E-state index in [9.17, 15) is 9.59 Å². The number of carbonyl (C=O) groups is 2. The fourth-order valence-electron chi connectivity index (χ4n) is 4.37. The standard InChI is InChI=1S/C23H29N3O4/c1-29-19-8-6-17(7-9-19)21(25-10-2-3-11-25)14-24-23(28)18-13-22(27)26(15-18)16-20-5-4-12-30-20/h4-9,12,18,21H,2-3,10-11,13-16H2,1H3,(H,24,28). The molecule has 30 heavy (non-hydrogen) atoms. The quantitative estimate of drug-likeness (QED) is 0.723. The highest BCUT2D eigenvalue weighted by Crippen LogP contribution is 2.27. The van der Waals surface area contributed by atoms with Crippen LogP contribution in [0, 0.1) is 5.92 Å². The second-order valence-electron chi connectivity index (χ2n) is 8.03. The summed E-state index contributed by atoms with van der Waals surface area (Å²) in [5, 5.41) is 3.11. The lowest BCUT2D eigenvalue weighted by Crippen LogP contribution is -2.39. The highest BCUT2D eigenvalue weighted by molar-refractivity contribution is 5.89. The number of nitrogens with zero attached hydrogens (tertiary/aromatic N) is 2. The lowest BCUT2D eigenvalue weighted by Gasteiger charge is -2.28. The van der Waals surface area contributed by atoms with Gasteiger partial charge in [0.25, 0.3) is 0 Å². The van der Waals surface area contributed by atoms with E-state index < -0.39 is 0 Å². The summed E-state index contributed by atoms with van der Waals surface area (Å²) in [7, 11) is 1.66. The lowest BCUT2D eigenvalue weighted by atomic mass is 10.0. The lowest BCUT2D eigenvalue weighted by molar-refractivity contribution is -0.129. The van der Waals surface area contributed by atoms with Crippen LogP contribution in [0.1, 0.15) is 36.6 Å². The predicted molar refractivity (Wildman–Crippen MR) is 112 cm³/mol. The van der Waals surface area contributed by atoms with Crippen LogP contribution in [0.5, 0.6) is 5.75 Å². The van der Waals surface area contributed by atoms with Crippen molar-refractivity contribution >= 4 is 11.8 Å². The Hall–Kier alpha value is -2.80. The third-order valence-corrected chi connectivity index (χ3v) is 6.06. The van der Waals surface area contributed by atoms with Crippen molar-refractivity contribution in [2.24, 2.45) is 5.92 Å². The van der Waals surface area contributed by atoms with Crippen molar-refractivity contribution in [1.29, 1.82) is 0 Å². The van der Waals surface area contributed by atoms with Gasteiger partial charge in [0.1, 0.15) is 11.5 Å². The Kier molecular flexibility index (Phi) is 6.38. The first kappa shape index (κ1) is 20.5. The molecule has 1 aromatic carbocycles.